The number of aromatic nitrogens is 2. The minimum atomic E-state index is 0.449. The van der Waals surface area contributed by atoms with Gasteiger partial charge in [0.05, 0.1) is 11.4 Å². The summed E-state index contributed by atoms with van der Waals surface area (Å²) >= 11 is 0. The van der Waals surface area contributed by atoms with E-state index >= 15 is 0 Å². The summed E-state index contributed by atoms with van der Waals surface area (Å²) in [4.78, 5) is 0. The average Bonchev–Trinajstić information content (AvgIpc) is 2.81. The standard InChI is InChI=1S/C11H14N4O/c1-11(4-5-11)6-13-8-3-2-7(12)9-10(8)15-16-14-9/h2-3,13H,4-6,12H2,1H3. The first-order valence-electron chi connectivity index (χ1n) is 5.43. The van der Waals surface area contributed by atoms with Crippen molar-refractivity contribution in [2.24, 2.45) is 5.41 Å². The van der Waals surface area contributed by atoms with Crippen LogP contribution in [0.15, 0.2) is 16.8 Å². The zero-order chi connectivity index (χ0) is 11.2. The molecule has 0 radical (unpaired) electrons. The van der Waals surface area contributed by atoms with Gasteiger partial charge in [-0.2, -0.15) is 0 Å². The van der Waals surface area contributed by atoms with Crippen molar-refractivity contribution >= 4 is 22.4 Å². The fourth-order valence-corrected chi connectivity index (χ4v) is 1.73. The molecule has 0 spiro atoms. The first-order chi connectivity index (χ1) is 7.68. The Labute approximate surface area is 93.0 Å². The highest BCUT2D eigenvalue weighted by Crippen LogP contribution is 2.45. The molecule has 0 unspecified atom stereocenters. The molecule has 0 amide bonds. The lowest BCUT2D eigenvalue weighted by atomic mass is 10.1. The number of benzene rings is 1. The third-order valence-corrected chi connectivity index (χ3v) is 3.26. The number of rotatable bonds is 3. The Bertz CT molecular complexity index is 530. The predicted octanol–water partition coefficient (Wildman–Crippen LogP) is 2.02. The van der Waals surface area contributed by atoms with Gasteiger partial charge < -0.3 is 11.1 Å². The second kappa shape index (κ2) is 3.10. The van der Waals surface area contributed by atoms with E-state index < -0.39 is 0 Å². The lowest BCUT2D eigenvalue weighted by molar-refractivity contribution is 0.315. The molecule has 1 aliphatic rings. The second-order valence-electron chi connectivity index (χ2n) is 4.83. The monoisotopic (exact) mass is 218 g/mol. The zero-order valence-corrected chi connectivity index (χ0v) is 9.16. The number of fused-ring (bicyclic) bond motifs is 1. The minimum absolute atomic E-state index is 0.449. The van der Waals surface area contributed by atoms with Crippen LogP contribution in [0, 0.1) is 5.41 Å². The van der Waals surface area contributed by atoms with Crippen molar-refractivity contribution in [1.82, 2.24) is 10.3 Å². The summed E-state index contributed by atoms with van der Waals surface area (Å²) in [6, 6.07) is 3.75. The zero-order valence-electron chi connectivity index (χ0n) is 9.16. The van der Waals surface area contributed by atoms with Gasteiger partial charge in [0.1, 0.15) is 0 Å². The maximum absolute atomic E-state index is 5.77. The van der Waals surface area contributed by atoms with E-state index in [0.717, 1.165) is 12.2 Å². The molecule has 2 aromatic rings. The van der Waals surface area contributed by atoms with Gasteiger partial charge in [0.2, 0.25) is 0 Å². The maximum Gasteiger partial charge on any atom is 0.160 e. The summed E-state index contributed by atoms with van der Waals surface area (Å²) in [5.74, 6) is 0. The van der Waals surface area contributed by atoms with Crippen LogP contribution in [0.3, 0.4) is 0 Å². The van der Waals surface area contributed by atoms with Crippen LogP contribution in [0.4, 0.5) is 11.4 Å². The van der Waals surface area contributed by atoms with E-state index in [4.69, 9.17) is 10.4 Å². The molecular formula is C11H14N4O. The van der Waals surface area contributed by atoms with Crippen molar-refractivity contribution in [1.29, 1.82) is 0 Å². The van der Waals surface area contributed by atoms with Crippen molar-refractivity contribution in [2.75, 3.05) is 17.6 Å². The molecular weight excluding hydrogens is 204 g/mol. The number of anilines is 2. The van der Waals surface area contributed by atoms with Crippen LogP contribution in [-0.2, 0) is 0 Å². The highest BCUT2D eigenvalue weighted by atomic mass is 16.6. The predicted molar refractivity (Wildman–Crippen MR) is 62.0 cm³/mol. The smallest absolute Gasteiger partial charge is 0.160 e. The normalized spacial score (nSPS) is 17.6. The SMILES string of the molecule is CC1(CNc2ccc(N)c3nonc23)CC1. The summed E-state index contributed by atoms with van der Waals surface area (Å²) in [6.07, 6.45) is 2.57. The van der Waals surface area contributed by atoms with E-state index in [1.54, 1.807) is 0 Å². The topological polar surface area (TPSA) is 77.0 Å². The average molecular weight is 218 g/mol. The van der Waals surface area contributed by atoms with Crippen LogP contribution in [0.2, 0.25) is 0 Å². The molecule has 3 N–H and O–H groups in total. The molecule has 5 heteroatoms. The molecule has 1 aromatic carbocycles. The first-order valence-corrected chi connectivity index (χ1v) is 5.43. The van der Waals surface area contributed by atoms with Gasteiger partial charge in [-0.15, -0.1) is 0 Å². The van der Waals surface area contributed by atoms with Gasteiger partial charge in [-0.3, -0.25) is 0 Å². The first kappa shape index (κ1) is 9.45. The van der Waals surface area contributed by atoms with Crippen LogP contribution in [0.25, 0.3) is 11.0 Å². The van der Waals surface area contributed by atoms with Gasteiger partial charge in [-0.05, 0) is 40.7 Å². The van der Waals surface area contributed by atoms with Gasteiger partial charge >= 0.3 is 0 Å². The number of hydrogen-bond donors (Lipinski definition) is 2. The summed E-state index contributed by atoms with van der Waals surface area (Å²) in [7, 11) is 0. The lowest BCUT2D eigenvalue weighted by Gasteiger charge is -2.11. The molecule has 3 rings (SSSR count). The van der Waals surface area contributed by atoms with Crippen molar-refractivity contribution in [3.63, 3.8) is 0 Å². The molecule has 1 heterocycles. The van der Waals surface area contributed by atoms with E-state index in [2.05, 4.69) is 22.6 Å². The summed E-state index contributed by atoms with van der Waals surface area (Å²) in [5, 5.41) is 11.0. The van der Waals surface area contributed by atoms with E-state index in [1.807, 2.05) is 12.1 Å². The van der Waals surface area contributed by atoms with Gasteiger partial charge in [0, 0.05) is 6.54 Å². The van der Waals surface area contributed by atoms with Crippen molar-refractivity contribution in [2.45, 2.75) is 19.8 Å². The second-order valence-corrected chi connectivity index (χ2v) is 4.83. The lowest BCUT2D eigenvalue weighted by Crippen LogP contribution is -2.12. The number of nitrogens with two attached hydrogens (primary N) is 1. The molecule has 0 bridgehead atoms. The highest BCUT2D eigenvalue weighted by Gasteiger charge is 2.36. The molecule has 1 fully saturated rings. The van der Waals surface area contributed by atoms with Gasteiger partial charge in [-0.25, -0.2) is 4.63 Å². The Morgan fingerprint density at radius 1 is 1.38 bits per heavy atom. The molecule has 0 saturated heterocycles. The Balaban J connectivity index is 1.91. The molecule has 0 aliphatic heterocycles. The van der Waals surface area contributed by atoms with E-state index in [9.17, 15) is 0 Å². The Morgan fingerprint density at radius 3 is 2.88 bits per heavy atom. The number of nitrogen functional groups attached to an aromatic ring is 1. The highest BCUT2D eigenvalue weighted by molar-refractivity contribution is 5.94. The molecule has 1 aliphatic carbocycles. The fourth-order valence-electron chi connectivity index (χ4n) is 1.73. The Hall–Kier alpha value is -1.78. The van der Waals surface area contributed by atoms with Gasteiger partial charge in [-0.1, -0.05) is 6.92 Å². The van der Waals surface area contributed by atoms with Crippen LogP contribution in [0.5, 0.6) is 0 Å². The van der Waals surface area contributed by atoms with Crippen molar-refractivity contribution in [3.05, 3.63) is 12.1 Å². The van der Waals surface area contributed by atoms with E-state index in [1.165, 1.54) is 12.8 Å². The Morgan fingerprint density at radius 2 is 2.12 bits per heavy atom. The summed E-state index contributed by atoms with van der Waals surface area (Å²) in [6.45, 7) is 3.23. The molecule has 0 atom stereocenters. The van der Waals surface area contributed by atoms with E-state index in [0.29, 0.717) is 22.1 Å². The fraction of sp³-hybridized carbons (Fsp3) is 0.455. The van der Waals surface area contributed by atoms with Gasteiger partial charge in [0.15, 0.2) is 11.0 Å². The summed E-state index contributed by atoms with van der Waals surface area (Å²) in [5.41, 5.74) is 9.11. The number of nitrogens with one attached hydrogen (secondary N) is 1. The quantitative estimate of drug-likeness (QED) is 0.771. The van der Waals surface area contributed by atoms with E-state index in [-0.39, 0.29) is 0 Å². The number of hydrogen-bond acceptors (Lipinski definition) is 5. The maximum atomic E-state index is 5.77. The van der Waals surface area contributed by atoms with Crippen molar-refractivity contribution in [3.8, 4) is 0 Å². The molecule has 5 nitrogen and oxygen atoms in total. The van der Waals surface area contributed by atoms with Crippen LogP contribution in [-0.4, -0.2) is 16.9 Å². The van der Waals surface area contributed by atoms with Crippen LogP contribution >= 0.6 is 0 Å². The molecule has 1 aromatic heterocycles. The molecule has 16 heavy (non-hydrogen) atoms. The third kappa shape index (κ3) is 1.48. The van der Waals surface area contributed by atoms with Crippen LogP contribution in [0.1, 0.15) is 19.8 Å². The third-order valence-electron chi connectivity index (χ3n) is 3.26. The molecule has 1 saturated carbocycles. The Kier molecular flexibility index (Phi) is 1.83. The molecule has 84 valence electrons. The minimum Gasteiger partial charge on any atom is -0.397 e. The van der Waals surface area contributed by atoms with Gasteiger partial charge in [0.25, 0.3) is 0 Å². The van der Waals surface area contributed by atoms with Crippen LogP contribution < -0.4 is 11.1 Å². The largest absolute Gasteiger partial charge is 0.397 e. The van der Waals surface area contributed by atoms with Crippen molar-refractivity contribution < 1.29 is 4.63 Å². The summed E-state index contributed by atoms with van der Waals surface area (Å²) < 4.78 is 4.71. The number of nitrogens with zero attached hydrogens (tertiary/aromatic N) is 2.